The molecule has 7 nitrogen and oxygen atoms in total. The molecule has 2 saturated heterocycles. The molecule has 184 valence electrons. The van der Waals surface area contributed by atoms with Gasteiger partial charge in [-0.2, -0.15) is 0 Å². The highest BCUT2D eigenvalue weighted by atomic mass is 32.1. The van der Waals surface area contributed by atoms with E-state index in [9.17, 15) is 9.59 Å². The first-order valence-corrected chi connectivity index (χ1v) is 13.2. The van der Waals surface area contributed by atoms with E-state index < -0.39 is 0 Å². The molecule has 0 aliphatic carbocycles. The molecule has 3 heterocycles. The van der Waals surface area contributed by atoms with E-state index >= 15 is 0 Å². The summed E-state index contributed by atoms with van der Waals surface area (Å²) in [6.45, 7) is 13.3. The van der Waals surface area contributed by atoms with Crippen LogP contribution in [0.3, 0.4) is 0 Å². The lowest BCUT2D eigenvalue weighted by Gasteiger charge is -2.38. The van der Waals surface area contributed by atoms with Crippen molar-refractivity contribution in [2.75, 3.05) is 51.1 Å². The van der Waals surface area contributed by atoms with Crippen molar-refractivity contribution in [2.24, 2.45) is 11.8 Å². The molecule has 8 heteroatoms. The minimum absolute atomic E-state index is 0.0412. The van der Waals surface area contributed by atoms with Gasteiger partial charge in [-0.1, -0.05) is 31.5 Å². The van der Waals surface area contributed by atoms with Crippen LogP contribution in [-0.4, -0.2) is 77.3 Å². The molecule has 1 N–H and O–H groups in total. The van der Waals surface area contributed by atoms with E-state index in [0.29, 0.717) is 24.8 Å². The third-order valence-corrected chi connectivity index (χ3v) is 7.57. The third kappa shape index (κ3) is 7.10. The summed E-state index contributed by atoms with van der Waals surface area (Å²) in [4.78, 5) is 36.5. The van der Waals surface area contributed by atoms with Gasteiger partial charge in [0.25, 0.3) is 0 Å². The zero-order chi connectivity index (χ0) is 24.1. The van der Waals surface area contributed by atoms with Crippen LogP contribution < -0.4 is 5.32 Å². The predicted molar refractivity (Wildman–Crippen MR) is 137 cm³/mol. The Morgan fingerprint density at radius 2 is 1.68 bits per heavy atom. The van der Waals surface area contributed by atoms with Gasteiger partial charge in [0.15, 0.2) is 0 Å². The third-order valence-electron chi connectivity index (χ3n) is 6.68. The average molecular weight is 484 g/mol. The van der Waals surface area contributed by atoms with Crippen LogP contribution in [0, 0.1) is 18.8 Å². The largest absolute Gasteiger partial charge is 0.341 e. The highest BCUT2D eigenvalue weighted by Crippen LogP contribution is 2.21. The number of rotatable bonds is 7. The lowest BCUT2D eigenvalue weighted by Crippen LogP contribution is -2.51. The van der Waals surface area contributed by atoms with E-state index in [-0.39, 0.29) is 11.8 Å². The van der Waals surface area contributed by atoms with Crippen molar-refractivity contribution < 1.29 is 9.59 Å². The molecule has 4 rings (SSSR count). The number of likely N-dealkylation sites (tertiary alicyclic amines) is 1. The van der Waals surface area contributed by atoms with Gasteiger partial charge in [0.05, 0.1) is 18.7 Å². The molecule has 2 atom stereocenters. The van der Waals surface area contributed by atoms with Gasteiger partial charge >= 0.3 is 0 Å². The van der Waals surface area contributed by atoms with Gasteiger partial charge in [0.1, 0.15) is 5.01 Å². The first-order chi connectivity index (χ1) is 16.3. The molecular weight excluding hydrogens is 446 g/mol. The van der Waals surface area contributed by atoms with E-state index in [2.05, 4.69) is 44.2 Å². The van der Waals surface area contributed by atoms with Crippen molar-refractivity contribution in [1.82, 2.24) is 19.7 Å². The quantitative estimate of drug-likeness (QED) is 0.655. The minimum Gasteiger partial charge on any atom is -0.341 e. The molecule has 2 amide bonds. The van der Waals surface area contributed by atoms with Crippen LogP contribution in [0.1, 0.15) is 36.5 Å². The Bertz CT molecular complexity index is 958. The Kier molecular flexibility index (Phi) is 8.34. The smallest absolute Gasteiger partial charge is 0.236 e. The van der Waals surface area contributed by atoms with Crippen molar-refractivity contribution in [2.45, 2.75) is 40.2 Å². The number of anilines is 1. The molecule has 2 aliphatic heterocycles. The lowest BCUT2D eigenvalue weighted by atomic mass is 9.92. The van der Waals surface area contributed by atoms with Gasteiger partial charge in [-0.3, -0.25) is 19.4 Å². The number of thiazole rings is 1. The number of amides is 2. The molecule has 0 unspecified atom stereocenters. The molecule has 1 aromatic carbocycles. The zero-order valence-corrected chi connectivity index (χ0v) is 21.4. The van der Waals surface area contributed by atoms with Crippen molar-refractivity contribution in [3.63, 3.8) is 0 Å². The summed E-state index contributed by atoms with van der Waals surface area (Å²) in [5, 5.41) is 5.84. The minimum atomic E-state index is -0.0412. The Hall–Kier alpha value is -2.29. The molecule has 0 radical (unpaired) electrons. The summed E-state index contributed by atoms with van der Waals surface area (Å²) in [7, 11) is 0. The molecule has 1 aromatic heterocycles. The van der Waals surface area contributed by atoms with Gasteiger partial charge in [0, 0.05) is 56.9 Å². The highest BCUT2D eigenvalue weighted by Gasteiger charge is 2.27. The fraction of sp³-hybridized carbons (Fsp3) is 0.577. The van der Waals surface area contributed by atoms with E-state index in [1.165, 1.54) is 12.0 Å². The number of aromatic nitrogens is 1. The summed E-state index contributed by atoms with van der Waals surface area (Å²) in [6.07, 6.45) is 1.51. The van der Waals surface area contributed by atoms with Gasteiger partial charge in [0.2, 0.25) is 11.8 Å². The summed E-state index contributed by atoms with van der Waals surface area (Å²) in [5.41, 5.74) is 3.00. The van der Waals surface area contributed by atoms with E-state index in [4.69, 9.17) is 0 Å². The summed E-state index contributed by atoms with van der Waals surface area (Å²) in [5.74, 6) is 1.43. The Balaban J connectivity index is 1.18. The zero-order valence-electron chi connectivity index (χ0n) is 20.6. The number of carbonyl (C=O) groups excluding carboxylic acids is 2. The van der Waals surface area contributed by atoms with Crippen LogP contribution in [0.15, 0.2) is 29.6 Å². The molecule has 2 aromatic rings. The van der Waals surface area contributed by atoms with Crippen molar-refractivity contribution >= 4 is 28.8 Å². The maximum atomic E-state index is 12.8. The normalized spacial score (nSPS) is 22.0. The van der Waals surface area contributed by atoms with Crippen LogP contribution in [-0.2, 0) is 22.6 Å². The SMILES string of the molecule is Cc1ccc(NC(=O)Cc2nc(CN3CCN(CC(=O)N4C[C@H](C)C[C@@H](C)C4)CC3)cs2)cc1. The number of benzene rings is 1. The fourth-order valence-electron chi connectivity index (χ4n) is 4.97. The second-order valence-corrected chi connectivity index (χ2v) is 11.1. The van der Waals surface area contributed by atoms with Crippen LogP contribution in [0.25, 0.3) is 0 Å². The van der Waals surface area contributed by atoms with Gasteiger partial charge in [-0.05, 0) is 37.3 Å². The number of hydrogen-bond donors (Lipinski definition) is 1. The first kappa shape index (κ1) is 24.8. The Morgan fingerprint density at radius 1 is 1.03 bits per heavy atom. The van der Waals surface area contributed by atoms with Crippen molar-refractivity contribution in [3.05, 3.63) is 45.9 Å². The summed E-state index contributed by atoms with van der Waals surface area (Å²) in [6, 6.07) is 7.81. The molecular formula is C26H37N5O2S. The number of aryl methyl sites for hydroxylation is 1. The van der Waals surface area contributed by atoms with Gasteiger partial charge < -0.3 is 10.2 Å². The maximum Gasteiger partial charge on any atom is 0.236 e. The Labute approximate surface area is 207 Å². The van der Waals surface area contributed by atoms with E-state index in [1.807, 2.05) is 31.2 Å². The fourth-order valence-corrected chi connectivity index (χ4v) is 5.76. The molecule has 34 heavy (non-hydrogen) atoms. The second-order valence-electron chi connectivity index (χ2n) is 10.1. The van der Waals surface area contributed by atoms with Crippen LogP contribution >= 0.6 is 11.3 Å². The average Bonchev–Trinajstić information content (AvgIpc) is 3.22. The maximum absolute atomic E-state index is 12.8. The molecule has 2 fully saturated rings. The van der Waals surface area contributed by atoms with Gasteiger partial charge in [-0.25, -0.2) is 4.98 Å². The van der Waals surface area contributed by atoms with Gasteiger partial charge in [-0.15, -0.1) is 11.3 Å². The van der Waals surface area contributed by atoms with Crippen LogP contribution in [0.4, 0.5) is 5.69 Å². The number of carbonyl (C=O) groups is 2. The van der Waals surface area contributed by atoms with Crippen molar-refractivity contribution in [3.8, 4) is 0 Å². The Morgan fingerprint density at radius 3 is 2.35 bits per heavy atom. The van der Waals surface area contributed by atoms with Crippen LogP contribution in [0.5, 0.6) is 0 Å². The van der Waals surface area contributed by atoms with Crippen LogP contribution in [0.2, 0.25) is 0 Å². The summed E-state index contributed by atoms with van der Waals surface area (Å²) >= 11 is 1.55. The first-order valence-electron chi connectivity index (χ1n) is 12.4. The number of hydrogen-bond acceptors (Lipinski definition) is 6. The molecule has 0 spiro atoms. The number of piperazine rings is 1. The topological polar surface area (TPSA) is 68.8 Å². The number of piperidine rings is 1. The number of nitrogens with zero attached hydrogens (tertiary/aromatic N) is 4. The highest BCUT2D eigenvalue weighted by molar-refractivity contribution is 7.09. The second kappa shape index (κ2) is 11.4. The molecule has 0 bridgehead atoms. The monoisotopic (exact) mass is 483 g/mol. The standard InChI is InChI=1S/C26H37N5O2S/c1-19-4-6-22(7-5-19)27-24(32)13-25-28-23(18-34-25)16-29-8-10-30(11-9-29)17-26(33)31-14-20(2)12-21(3)15-31/h4-7,18,20-21H,8-17H2,1-3H3,(H,27,32)/t20-,21-/m1/s1. The molecule has 2 aliphatic rings. The van der Waals surface area contributed by atoms with Crippen molar-refractivity contribution in [1.29, 1.82) is 0 Å². The summed E-state index contributed by atoms with van der Waals surface area (Å²) < 4.78 is 0. The van der Waals surface area contributed by atoms with E-state index in [0.717, 1.165) is 62.2 Å². The van der Waals surface area contributed by atoms with E-state index in [1.54, 1.807) is 11.3 Å². The lowest BCUT2D eigenvalue weighted by molar-refractivity contribution is -0.135. The predicted octanol–water partition coefficient (Wildman–Crippen LogP) is 3.25. The molecule has 0 saturated carbocycles. The number of nitrogens with one attached hydrogen (secondary N) is 1.